The summed E-state index contributed by atoms with van der Waals surface area (Å²) in [7, 11) is 0. The minimum absolute atomic E-state index is 0.239. The number of ether oxygens (including phenoxy) is 1. The molecule has 8 heteroatoms. The summed E-state index contributed by atoms with van der Waals surface area (Å²) in [5, 5.41) is 23.5. The van der Waals surface area contributed by atoms with Crippen molar-refractivity contribution in [3.05, 3.63) is 29.8 Å². The fourth-order valence-corrected chi connectivity index (χ4v) is 2.07. The highest BCUT2D eigenvalue weighted by atomic mass is 16.5. The molecule has 0 aliphatic rings. The Morgan fingerprint density at radius 3 is 2.23 bits per heavy atom. The number of benzene rings is 1. The van der Waals surface area contributed by atoms with E-state index in [1.54, 1.807) is 38.1 Å². The molecular formula is C18H26N2O6. The fourth-order valence-electron chi connectivity index (χ4n) is 2.07. The molecule has 1 rings (SSSR count). The van der Waals surface area contributed by atoms with E-state index in [2.05, 4.69) is 10.6 Å². The molecule has 0 heterocycles. The molecule has 0 saturated heterocycles. The largest absolute Gasteiger partial charge is 0.494 e. The molecule has 2 amide bonds. The normalized spacial score (nSPS) is 14.2. The van der Waals surface area contributed by atoms with Crippen molar-refractivity contribution in [3.8, 4) is 5.75 Å². The van der Waals surface area contributed by atoms with Gasteiger partial charge in [0.1, 0.15) is 11.8 Å². The first-order valence-corrected chi connectivity index (χ1v) is 8.35. The van der Waals surface area contributed by atoms with E-state index in [1.165, 1.54) is 0 Å². The molecule has 0 fully saturated rings. The molecule has 1 aromatic carbocycles. The van der Waals surface area contributed by atoms with Crippen LogP contribution in [0.15, 0.2) is 24.3 Å². The summed E-state index contributed by atoms with van der Waals surface area (Å²) in [6, 6.07) is 5.62. The number of carbonyl (C=O) groups excluding carboxylic acids is 2. The molecule has 0 aromatic heterocycles. The predicted octanol–water partition coefficient (Wildman–Crippen LogP) is 0.791. The lowest BCUT2D eigenvalue weighted by Crippen LogP contribution is -2.54. The van der Waals surface area contributed by atoms with Gasteiger partial charge in [-0.25, -0.2) is 4.79 Å². The molecule has 26 heavy (non-hydrogen) atoms. The summed E-state index contributed by atoms with van der Waals surface area (Å²) < 4.78 is 5.31. The number of carboxylic acid groups (broad SMARTS) is 1. The lowest BCUT2D eigenvalue weighted by molar-refractivity contribution is -0.156. The van der Waals surface area contributed by atoms with E-state index in [4.69, 9.17) is 9.84 Å². The first-order valence-electron chi connectivity index (χ1n) is 8.35. The van der Waals surface area contributed by atoms with Gasteiger partial charge in [-0.3, -0.25) is 9.59 Å². The highest BCUT2D eigenvalue weighted by Gasteiger charge is 2.32. The van der Waals surface area contributed by atoms with E-state index < -0.39 is 36.0 Å². The molecule has 8 nitrogen and oxygen atoms in total. The minimum Gasteiger partial charge on any atom is -0.494 e. The van der Waals surface area contributed by atoms with Crippen LogP contribution in [-0.4, -0.2) is 52.8 Å². The van der Waals surface area contributed by atoms with Gasteiger partial charge in [-0.2, -0.15) is 0 Å². The van der Waals surface area contributed by atoms with E-state index in [1.807, 2.05) is 6.92 Å². The van der Waals surface area contributed by atoms with Gasteiger partial charge in [-0.05, 0) is 44.0 Å². The van der Waals surface area contributed by atoms with Gasteiger partial charge >= 0.3 is 5.97 Å². The SMILES string of the molecule is CCOc1ccc(C(=O)NC(C(=O)NCC(C)(O)C(=O)O)C(C)C)cc1. The fraction of sp³-hybridized carbons (Fsp3) is 0.500. The third kappa shape index (κ3) is 6.03. The maximum atomic E-state index is 12.4. The van der Waals surface area contributed by atoms with Gasteiger partial charge in [-0.1, -0.05) is 13.8 Å². The Labute approximate surface area is 152 Å². The summed E-state index contributed by atoms with van der Waals surface area (Å²) in [6.07, 6.45) is 0. The Morgan fingerprint density at radius 2 is 1.77 bits per heavy atom. The maximum Gasteiger partial charge on any atom is 0.337 e. The second-order valence-electron chi connectivity index (χ2n) is 6.45. The van der Waals surface area contributed by atoms with Gasteiger partial charge in [0.2, 0.25) is 5.91 Å². The minimum atomic E-state index is -2.09. The van der Waals surface area contributed by atoms with Crippen LogP contribution in [0.5, 0.6) is 5.75 Å². The first-order chi connectivity index (χ1) is 12.1. The van der Waals surface area contributed by atoms with E-state index in [9.17, 15) is 19.5 Å². The van der Waals surface area contributed by atoms with Gasteiger partial charge in [0.25, 0.3) is 5.91 Å². The number of aliphatic hydroxyl groups is 1. The summed E-state index contributed by atoms with van der Waals surface area (Å²) >= 11 is 0. The molecule has 144 valence electrons. The molecule has 2 atom stereocenters. The van der Waals surface area contributed by atoms with Crippen LogP contribution in [0, 0.1) is 5.92 Å². The van der Waals surface area contributed by atoms with Gasteiger partial charge < -0.3 is 25.6 Å². The average molecular weight is 366 g/mol. The van der Waals surface area contributed by atoms with Crippen molar-refractivity contribution < 1.29 is 29.3 Å². The second-order valence-corrected chi connectivity index (χ2v) is 6.45. The van der Waals surface area contributed by atoms with Gasteiger partial charge in [0, 0.05) is 5.56 Å². The van der Waals surface area contributed by atoms with E-state index in [0.29, 0.717) is 17.9 Å². The van der Waals surface area contributed by atoms with Crippen molar-refractivity contribution >= 4 is 17.8 Å². The topological polar surface area (TPSA) is 125 Å². The van der Waals surface area contributed by atoms with Gasteiger partial charge in [-0.15, -0.1) is 0 Å². The quantitative estimate of drug-likeness (QED) is 0.512. The van der Waals surface area contributed by atoms with Crippen LogP contribution in [-0.2, 0) is 9.59 Å². The lowest BCUT2D eigenvalue weighted by atomic mass is 10.0. The van der Waals surface area contributed by atoms with Crippen molar-refractivity contribution in [2.24, 2.45) is 5.92 Å². The van der Waals surface area contributed by atoms with Crippen LogP contribution in [0.25, 0.3) is 0 Å². The number of nitrogens with one attached hydrogen (secondary N) is 2. The number of hydrogen-bond acceptors (Lipinski definition) is 5. The average Bonchev–Trinajstić information content (AvgIpc) is 2.58. The Kier molecular flexibility index (Phi) is 7.57. The highest BCUT2D eigenvalue weighted by Crippen LogP contribution is 2.13. The summed E-state index contributed by atoms with van der Waals surface area (Å²) in [5.74, 6) is -2.06. The number of carbonyl (C=O) groups is 3. The number of carboxylic acids is 1. The molecule has 4 N–H and O–H groups in total. The van der Waals surface area contributed by atoms with Crippen LogP contribution >= 0.6 is 0 Å². The molecule has 0 aliphatic carbocycles. The summed E-state index contributed by atoms with van der Waals surface area (Å²) in [4.78, 5) is 35.6. The molecule has 0 saturated carbocycles. The summed E-state index contributed by atoms with van der Waals surface area (Å²) in [5.41, 5.74) is -1.72. The first kappa shape index (κ1) is 21.4. The summed E-state index contributed by atoms with van der Waals surface area (Å²) in [6.45, 7) is 6.48. The maximum absolute atomic E-state index is 12.4. The molecular weight excluding hydrogens is 340 g/mol. The molecule has 0 spiro atoms. The van der Waals surface area contributed by atoms with Crippen LogP contribution in [0.1, 0.15) is 38.1 Å². The monoisotopic (exact) mass is 366 g/mol. The van der Waals surface area contributed by atoms with Crippen LogP contribution in [0.2, 0.25) is 0 Å². The third-order valence-electron chi connectivity index (χ3n) is 3.73. The Morgan fingerprint density at radius 1 is 1.19 bits per heavy atom. The van der Waals surface area contributed by atoms with Crippen LogP contribution in [0.3, 0.4) is 0 Å². The zero-order chi connectivity index (χ0) is 19.9. The van der Waals surface area contributed by atoms with Crippen molar-refractivity contribution in [2.75, 3.05) is 13.2 Å². The third-order valence-corrected chi connectivity index (χ3v) is 3.73. The van der Waals surface area contributed by atoms with Crippen LogP contribution in [0.4, 0.5) is 0 Å². The second kappa shape index (κ2) is 9.19. The van der Waals surface area contributed by atoms with Crippen molar-refractivity contribution in [3.63, 3.8) is 0 Å². The molecule has 1 aromatic rings. The van der Waals surface area contributed by atoms with Gasteiger partial charge in [0.15, 0.2) is 5.60 Å². The molecule has 0 bridgehead atoms. The smallest absolute Gasteiger partial charge is 0.337 e. The van der Waals surface area contributed by atoms with E-state index >= 15 is 0 Å². The Balaban J connectivity index is 2.76. The number of rotatable bonds is 9. The highest BCUT2D eigenvalue weighted by molar-refractivity contribution is 5.97. The zero-order valence-corrected chi connectivity index (χ0v) is 15.4. The predicted molar refractivity (Wildman–Crippen MR) is 95.0 cm³/mol. The molecule has 2 unspecified atom stereocenters. The van der Waals surface area contributed by atoms with Gasteiger partial charge in [0.05, 0.1) is 13.2 Å². The molecule has 0 aliphatic heterocycles. The van der Waals surface area contributed by atoms with Crippen molar-refractivity contribution in [1.82, 2.24) is 10.6 Å². The van der Waals surface area contributed by atoms with Crippen molar-refractivity contribution in [1.29, 1.82) is 0 Å². The number of aliphatic carboxylic acids is 1. The Bertz CT molecular complexity index is 640. The number of amides is 2. The standard InChI is InChI=1S/C18H26N2O6/c1-5-26-13-8-6-12(7-9-13)15(21)20-14(11(2)3)16(22)19-10-18(4,25)17(23)24/h6-9,11,14,25H,5,10H2,1-4H3,(H,19,22)(H,20,21)(H,23,24). The zero-order valence-electron chi connectivity index (χ0n) is 15.4. The number of hydrogen-bond donors (Lipinski definition) is 4. The lowest BCUT2D eigenvalue weighted by Gasteiger charge is -2.24. The van der Waals surface area contributed by atoms with Crippen LogP contribution < -0.4 is 15.4 Å². The van der Waals surface area contributed by atoms with E-state index in [-0.39, 0.29) is 5.92 Å². The molecule has 0 radical (unpaired) electrons. The van der Waals surface area contributed by atoms with Crippen molar-refractivity contribution in [2.45, 2.75) is 39.3 Å². The van der Waals surface area contributed by atoms with E-state index in [0.717, 1.165) is 6.92 Å². The Hall–Kier alpha value is -2.61.